The molecule has 0 heterocycles. The lowest BCUT2D eigenvalue weighted by molar-refractivity contribution is -0.291. The quantitative estimate of drug-likeness (QED) is 0.212. The second-order valence-electron chi connectivity index (χ2n) is 28.5. The molecule has 9 aliphatic carbocycles. The Kier molecular flexibility index (Phi) is 28.1. The van der Waals surface area contributed by atoms with Crippen molar-refractivity contribution in [3.63, 3.8) is 0 Å². The van der Waals surface area contributed by atoms with Gasteiger partial charge in [-0.1, -0.05) is 129 Å². The fourth-order valence-corrected chi connectivity index (χ4v) is 14.9. The normalized spacial score (nSPS) is 41.1. The lowest BCUT2D eigenvalue weighted by Gasteiger charge is -2.53. The molecule has 81 heavy (non-hydrogen) atoms. The van der Waals surface area contributed by atoms with Gasteiger partial charge in [-0.2, -0.15) is 79.0 Å². The number of fused-ring (bicyclic) bond motifs is 1. The Morgan fingerprint density at radius 3 is 1.01 bits per heavy atom. The van der Waals surface area contributed by atoms with Gasteiger partial charge in [0.1, 0.15) is 5.67 Å². The van der Waals surface area contributed by atoms with E-state index in [9.17, 15) is 83.4 Å². The maximum Gasteiger partial charge on any atom is 0.394 e. The van der Waals surface area contributed by atoms with Gasteiger partial charge in [0.15, 0.2) is 0 Å². The third kappa shape index (κ3) is 23.0. The van der Waals surface area contributed by atoms with Crippen molar-refractivity contribution >= 4 is 0 Å². The number of alkyl halides is 19. The summed E-state index contributed by atoms with van der Waals surface area (Å²) in [5.41, 5.74) is -3.58. The fraction of sp³-hybridized carbons (Fsp3) is 1.00. The molecule has 2 bridgehead atoms. The Morgan fingerprint density at radius 1 is 0.321 bits per heavy atom. The van der Waals surface area contributed by atoms with Crippen molar-refractivity contribution in [2.75, 3.05) is 0 Å². The van der Waals surface area contributed by atoms with Crippen LogP contribution in [0.15, 0.2) is 0 Å². The van der Waals surface area contributed by atoms with Crippen molar-refractivity contribution in [2.45, 2.75) is 281 Å². The molecule has 9 aliphatic rings. The standard InChI is InChI=1S/C10H14F6.C9H13F3.3C9H15F3.C8H15F.C8H16/c1-5-3-6(2)8(10(14,15)16)7(4-5)9(11,12)13;1-5-6-3-4-7(5)8(6,2)9(10,11)12;1-6-3-7(2)5-8(4-6)9(10,11)12;1-7-3-5-8(2,6-4-7)9(10,11)12;1-6-4-3-5-8(7(6)2)9(10,11)12;1-7-3-5-8(2,9)6-4-7;1-7-3-5-8(2)6-4-7/h5-8H,3-4H2,1-2H3;5-7H,3-4H2,1-2H3;6-8H,3-5H2,1-2H3;7H,3-6H2,1-2H3;6-8H,3-5H2,1-2H3;7H,3-6H2,1-2H3;7-8H,3-6H2,1-2H3/t5-,6?,7?,8?;5?,6-,7+,8?;6-,7?,8?;;6?,7-,8?;;/m0.0.1../s1. The van der Waals surface area contributed by atoms with E-state index in [4.69, 9.17) is 0 Å². The Hall–Kier alpha value is -1.33. The van der Waals surface area contributed by atoms with Crippen LogP contribution in [0.3, 0.4) is 0 Å². The van der Waals surface area contributed by atoms with E-state index in [1.54, 1.807) is 20.8 Å². The smallest absolute Gasteiger partial charge is 0.244 e. The minimum absolute atomic E-state index is 0.0949. The van der Waals surface area contributed by atoms with Crippen LogP contribution >= 0.6 is 0 Å². The molecule has 0 N–H and O–H groups in total. The molecular weight excluding hydrogens is 1110 g/mol. The number of rotatable bonds is 0. The van der Waals surface area contributed by atoms with Gasteiger partial charge in [-0.05, 0) is 187 Å². The van der Waals surface area contributed by atoms with E-state index in [0.29, 0.717) is 43.9 Å². The van der Waals surface area contributed by atoms with Gasteiger partial charge in [-0.25, -0.2) is 4.39 Å². The molecule has 484 valence electrons. The van der Waals surface area contributed by atoms with Gasteiger partial charge in [0.05, 0.1) is 34.5 Å². The molecule has 0 aromatic heterocycles. The topological polar surface area (TPSA) is 0 Å². The molecule has 9 fully saturated rings. The first-order chi connectivity index (χ1) is 36.5. The van der Waals surface area contributed by atoms with Crippen molar-refractivity contribution in [2.24, 2.45) is 111 Å². The molecule has 19 heteroatoms. The minimum Gasteiger partial charge on any atom is -0.244 e. The summed E-state index contributed by atoms with van der Waals surface area (Å²) in [5.74, 6) is -3.97. The second-order valence-corrected chi connectivity index (χ2v) is 28.5. The molecule has 0 radical (unpaired) electrons. The lowest BCUT2D eigenvalue weighted by atomic mass is 9.53. The zero-order chi connectivity index (χ0) is 62.9. The summed E-state index contributed by atoms with van der Waals surface area (Å²) in [7, 11) is 0. The minimum atomic E-state index is -4.76. The highest BCUT2D eigenvalue weighted by Crippen LogP contribution is 2.71. The Morgan fingerprint density at radius 2 is 0.704 bits per heavy atom. The third-order valence-electron chi connectivity index (χ3n) is 20.9. The highest BCUT2D eigenvalue weighted by Gasteiger charge is 2.72. The average molecular weight is 1210 g/mol. The van der Waals surface area contributed by atoms with E-state index in [2.05, 4.69) is 20.8 Å². The van der Waals surface area contributed by atoms with Crippen molar-refractivity contribution in [3.05, 3.63) is 0 Å². The zero-order valence-corrected chi connectivity index (χ0v) is 51.1. The van der Waals surface area contributed by atoms with E-state index in [1.807, 2.05) is 34.6 Å². The molecule has 0 spiro atoms. The SMILES string of the molecule is CC1CC(C(F)(F)F)C[C@@H](C)C1.CC1CCC(C)(C(F)(F)F)CC1.CC1CCC(C)(F)CC1.CC1CCC(C)CC1.CC1CCCC(C(F)(F)F)[C@@H]1C.CC1C[C@H](C)CC(C(F)(F)F)C1C(F)(F)F.CC1[C@H]2CC[C@@H]1C2(C)C(F)(F)F. The molecule has 0 nitrogen and oxygen atoms in total. The summed E-state index contributed by atoms with van der Waals surface area (Å²) < 4.78 is 238. The highest BCUT2D eigenvalue weighted by molar-refractivity contribution is 5.12. The van der Waals surface area contributed by atoms with Gasteiger partial charge in [0.2, 0.25) is 0 Å². The lowest BCUT2D eigenvalue weighted by Crippen LogP contribution is -2.56. The zero-order valence-electron chi connectivity index (χ0n) is 51.1. The Labute approximate surface area is 474 Å². The van der Waals surface area contributed by atoms with Crippen molar-refractivity contribution < 1.29 is 83.4 Å². The number of hydrogen-bond acceptors (Lipinski definition) is 0. The third-order valence-corrected chi connectivity index (χ3v) is 20.9. The second kappa shape index (κ2) is 30.1. The average Bonchev–Trinajstić information content (AvgIpc) is 3.90. The maximum atomic E-state index is 13.0. The molecule has 0 aromatic carbocycles. The fourth-order valence-electron chi connectivity index (χ4n) is 14.9. The summed E-state index contributed by atoms with van der Waals surface area (Å²) in [6.07, 6.45) is -8.86. The van der Waals surface area contributed by atoms with Gasteiger partial charge in [-0.3, -0.25) is 0 Å². The Bertz CT molecular complexity index is 1720. The molecule has 9 unspecified atom stereocenters. The molecule has 0 aliphatic heterocycles. The number of hydrogen-bond donors (Lipinski definition) is 0. The van der Waals surface area contributed by atoms with Crippen LogP contribution < -0.4 is 0 Å². The predicted molar refractivity (Wildman–Crippen MR) is 285 cm³/mol. The van der Waals surface area contributed by atoms with Crippen LogP contribution in [0.5, 0.6) is 0 Å². The van der Waals surface area contributed by atoms with Crippen LogP contribution in [0.25, 0.3) is 0 Å². The summed E-state index contributed by atoms with van der Waals surface area (Å²) in [5, 5.41) is 0. The molecular formula is C62H103F19. The van der Waals surface area contributed by atoms with Crippen molar-refractivity contribution in [1.29, 1.82) is 0 Å². The van der Waals surface area contributed by atoms with Gasteiger partial charge in [-0.15, -0.1) is 0 Å². The first-order valence-electron chi connectivity index (χ1n) is 30.6. The molecule has 9 saturated carbocycles. The monoisotopic (exact) mass is 1210 g/mol. The molecule has 9 rings (SSSR count). The summed E-state index contributed by atoms with van der Waals surface area (Å²) in [6, 6.07) is 0. The largest absolute Gasteiger partial charge is 0.394 e. The van der Waals surface area contributed by atoms with Gasteiger partial charge >= 0.3 is 37.1 Å². The first kappa shape index (κ1) is 75.8. The molecule has 0 amide bonds. The van der Waals surface area contributed by atoms with E-state index in [0.717, 1.165) is 88.4 Å². The predicted octanol–water partition coefficient (Wildman–Crippen LogP) is 24.4. The van der Waals surface area contributed by atoms with E-state index in [1.165, 1.54) is 46.5 Å². The van der Waals surface area contributed by atoms with Crippen LogP contribution in [-0.2, 0) is 0 Å². The van der Waals surface area contributed by atoms with Gasteiger partial charge < -0.3 is 0 Å². The van der Waals surface area contributed by atoms with Crippen LogP contribution in [0.1, 0.15) is 238 Å². The van der Waals surface area contributed by atoms with Gasteiger partial charge in [0, 0.05) is 0 Å². The molecule has 14 atom stereocenters. The van der Waals surface area contributed by atoms with Gasteiger partial charge in [0.25, 0.3) is 0 Å². The van der Waals surface area contributed by atoms with Crippen LogP contribution in [0.2, 0.25) is 0 Å². The molecule has 0 saturated heterocycles. The van der Waals surface area contributed by atoms with Crippen molar-refractivity contribution in [3.8, 4) is 0 Å². The van der Waals surface area contributed by atoms with Crippen LogP contribution in [-0.4, -0.2) is 42.7 Å². The van der Waals surface area contributed by atoms with E-state index >= 15 is 0 Å². The van der Waals surface area contributed by atoms with Crippen LogP contribution in [0.4, 0.5) is 83.4 Å². The van der Waals surface area contributed by atoms with Crippen molar-refractivity contribution in [1.82, 2.24) is 0 Å². The molecule has 0 aromatic rings. The summed E-state index contributed by atoms with van der Waals surface area (Å²) in [6.45, 7) is 25.7. The Balaban J connectivity index is 0.000000326. The summed E-state index contributed by atoms with van der Waals surface area (Å²) >= 11 is 0. The van der Waals surface area contributed by atoms with E-state index in [-0.39, 0.29) is 47.8 Å². The highest BCUT2D eigenvalue weighted by atomic mass is 19.4. The first-order valence-corrected chi connectivity index (χ1v) is 30.6. The summed E-state index contributed by atoms with van der Waals surface area (Å²) in [4.78, 5) is 0. The maximum absolute atomic E-state index is 13.0. The number of halogens is 19. The van der Waals surface area contributed by atoms with Crippen LogP contribution in [0, 0.1) is 111 Å². The van der Waals surface area contributed by atoms with E-state index < -0.39 is 89.6 Å².